The smallest absolute Gasteiger partial charge is 0.224 e. The van der Waals surface area contributed by atoms with Gasteiger partial charge in [0.2, 0.25) is 5.91 Å². The van der Waals surface area contributed by atoms with Crippen LogP contribution in [0.2, 0.25) is 0 Å². The Bertz CT molecular complexity index is 641. The lowest BCUT2D eigenvalue weighted by atomic mass is 9.92. The Balaban J connectivity index is 1.72. The highest BCUT2D eigenvalue weighted by Gasteiger charge is 2.29. The van der Waals surface area contributed by atoms with Gasteiger partial charge in [0.05, 0.1) is 11.4 Å². The van der Waals surface area contributed by atoms with E-state index < -0.39 is 0 Å². The highest BCUT2D eigenvalue weighted by Crippen LogP contribution is 2.28. The highest BCUT2D eigenvalue weighted by atomic mass is 16.1. The Morgan fingerprint density at radius 2 is 2.00 bits per heavy atom. The molecule has 0 radical (unpaired) electrons. The van der Waals surface area contributed by atoms with Crippen LogP contribution in [0, 0.1) is 19.3 Å². The summed E-state index contributed by atoms with van der Waals surface area (Å²) >= 11 is 0. The molecular formula is C21H34N4O. The molecule has 26 heavy (non-hydrogen) atoms. The van der Waals surface area contributed by atoms with E-state index in [9.17, 15) is 4.79 Å². The van der Waals surface area contributed by atoms with E-state index in [-0.39, 0.29) is 11.3 Å². The van der Waals surface area contributed by atoms with Crippen LogP contribution in [0.3, 0.4) is 0 Å². The van der Waals surface area contributed by atoms with Gasteiger partial charge in [-0.2, -0.15) is 0 Å². The number of carbonyl (C=O) groups excluding carboxylic acids is 1. The molecule has 5 nitrogen and oxygen atoms in total. The zero-order chi connectivity index (χ0) is 18.9. The van der Waals surface area contributed by atoms with Crippen molar-refractivity contribution in [2.24, 2.45) is 5.41 Å². The number of nitrogens with one attached hydrogen (secondary N) is 1. The van der Waals surface area contributed by atoms with Gasteiger partial charge in [0.15, 0.2) is 0 Å². The largest absolute Gasteiger partial charge is 0.354 e. The van der Waals surface area contributed by atoms with E-state index in [1.807, 2.05) is 6.92 Å². The van der Waals surface area contributed by atoms with Crippen molar-refractivity contribution < 1.29 is 4.79 Å². The molecule has 1 aromatic rings. The zero-order valence-corrected chi connectivity index (χ0v) is 17.1. The van der Waals surface area contributed by atoms with Crippen molar-refractivity contribution in [3.05, 3.63) is 17.3 Å². The van der Waals surface area contributed by atoms with Crippen LogP contribution in [0.1, 0.15) is 57.7 Å². The number of piperazine rings is 1. The average molecular weight is 359 g/mol. The molecule has 0 saturated carbocycles. The molecule has 0 aliphatic carbocycles. The number of nitrogens with zero attached hydrogens (tertiary/aromatic N) is 3. The number of hydrogen-bond donors (Lipinski definition) is 1. The first-order chi connectivity index (χ1) is 12.2. The molecule has 3 heterocycles. The van der Waals surface area contributed by atoms with Gasteiger partial charge in [-0.3, -0.25) is 9.69 Å². The first kappa shape index (κ1) is 19.2. The Morgan fingerprint density at radius 3 is 2.69 bits per heavy atom. The first-order valence-corrected chi connectivity index (χ1v) is 10.00. The lowest BCUT2D eigenvalue weighted by Gasteiger charge is -2.44. The van der Waals surface area contributed by atoms with Crippen LogP contribution in [-0.4, -0.2) is 48.0 Å². The van der Waals surface area contributed by atoms with Crippen LogP contribution in [0.15, 0.2) is 6.07 Å². The minimum absolute atomic E-state index is 0.0149. The summed E-state index contributed by atoms with van der Waals surface area (Å²) in [6.07, 6.45) is 4.50. The van der Waals surface area contributed by atoms with Crippen molar-refractivity contribution in [1.29, 1.82) is 0 Å². The second kappa shape index (κ2) is 7.55. The summed E-state index contributed by atoms with van der Waals surface area (Å²) in [5.74, 6) is 1.12. The van der Waals surface area contributed by atoms with Crippen molar-refractivity contribution in [1.82, 2.24) is 9.88 Å². The van der Waals surface area contributed by atoms with Gasteiger partial charge in [-0.1, -0.05) is 27.2 Å². The molecule has 2 fully saturated rings. The molecule has 2 aliphatic rings. The number of rotatable bonds is 3. The number of fused-ring (bicyclic) bond motifs is 1. The van der Waals surface area contributed by atoms with Gasteiger partial charge >= 0.3 is 0 Å². The Hall–Kier alpha value is -1.62. The van der Waals surface area contributed by atoms with E-state index in [4.69, 9.17) is 4.98 Å². The van der Waals surface area contributed by atoms with E-state index in [2.05, 4.69) is 48.9 Å². The van der Waals surface area contributed by atoms with E-state index in [0.717, 1.165) is 42.4 Å². The van der Waals surface area contributed by atoms with Gasteiger partial charge in [-0.25, -0.2) is 4.98 Å². The molecule has 0 spiro atoms. The third kappa shape index (κ3) is 4.56. The third-order valence-corrected chi connectivity index (χ3v) is 5.50. The number of amides is 1. The van der Waals surface area contributed by atoms with Gasteiger partial charge < -0.3 is 10.2 Å². The van der Waals surface area contributed by atoms with E-state index >= 15 is 0 Å². The number of piperidine rings is 1. The van der Waals surface area contributed by atoms with E-state index in [0.29, 0.717) is 12.5 Å². The predicted octanol–water partition coefficient (Wildman–Crippen LogP) is 3.75. The summed E-state index contributed by atoms with van der Waals surface area (Å²) in [4.78, 5) is 22.2. The summed E-state index contributed by atoms with van der Waals surface area (Å²) in [6.45, 7) is 14.8. The van der Waals surface area contributed by atoms with Crippen LogP contribution in [0.25, 0.3) is 0 Å². The van der Waals surface area contributed by atoms with Gasteiger partial charge in [0.25, 0.3) is 0 Å². The summed E-state index contributed by atoms with van der Waals surface area (Å²) in [6, 6.07) is 2.81. The normalized spacial score (nSPS) is 21.4. The number of aryl methyl sites for hydroxylation is 2. The molecule has 144 valence electrons. The van der Waals surface area contributed by atoms with Crippen LogP contribution in [-0.2, 0) is 4.79 Å². The molecule has 1 amide bonds. The predicted molar refractivity (Wildman–Crippen MR) is 108 cm³/mol. The lowest BCUT2D eigenvalue weighted by molar-refractivity contribution is -0.117. The quantitative estimate of drug-likeness (QED) is 0.894. The zero-order valence-electron chi connectivity index (χ0n) is 17.1. The molecule has 2 aliphatic heterocycles. The summed E-state index contributed by atoms with van der Waals surface area (Å²) in [7, 11) is 0. The van der Waals surface area contributed by atoms with Gasteiger partial charge in [0, 0.05) is 32.1 Å². The number of aromatic nitrogens is 1. The van der Waals surface area contributed by atoms with Crippen molar-refractivity contribution in [2.45, 2.75) is 66.3 Å². The van der Waals surface area contributed by atoms with Crippen molar-refractivity contribution in [2.75, 3.05) is 36.4 Å². The van der Waals surface area contributed by atoms with Crippen LogP contribution < -0.4 is 10.2 Å². The fourth-order valence-corrected chi connectivity index (χ4v) is 4.19. The first-order valence-electron chi connectivity index (χ1n) is 10.00. The number of hydrogen-bond acceptors (Lipinski definition) is 4. The van der Waals surface area contributed by atoms with Crippen molar-refractivity contribution in [3.8, 4) is 0 Å². The molecule has 1 unspecified atom stereocenters. The molecular weight excluding hydrogens is 324 g/mol. The van der Waals surface area contributed by atoms with Gasteiger partial charge in [0.1, 0.15) is 5.82 Å². The summed E-state index contributed by atoms with van der Waals surface area (Å²) < 4.78 is 0. The van der Waals surface area contributed by atoms with E-state index in [1.165, 1.54) is 25.8 Å². The molecule has 1 aromatic heterocycles. The molecule has 0 bridgehead atoms. The van der Waals surface area contributed by atoms with Crippen LogP contribution in [0.4, 0.5) is 11.5 Å². The lowest BCUT2D eigenvalue weighted by Crippen LogP contribution is -2.55. The van der Waals surface area contributed by atoms with Crippen LogP contribution >= 0.6 is 0 Å². The Kier molecular flexibility index (Phi) is 5.56. The monoisotopic (exact) mass is 358 g/mol. The summed E-state index contributed by atoms with van der Waals surface area (Å²) in [5.41, 5.74) is 2.87. The third-order valence-electron chi connectivity index (χ3n) is 5.50. The van der Waals surface area contributed by atoms with Gasteiger partial charge in [-0.05, 0) is 50.3 Å². The maximum atomic E-state index is 12.3. The maximum Gasteiger partial charge on any atom is 0.224 e. The fourth-order valence-electron chi connectivity index (χ4n) is 4.19. The molecule has 1 N–H and O–H groups in total. The standard InChI is InChI=1S/C21H34N4O/c1-15-12-18(25-11-10-24-9-7-6-8-17(24)14-25)22-16(2)20(15)23-19(26)13-21(3,4)5/h12,17H,6-11,13-14H2,1-5H3,(H,23,26). The molecule has 2 saturated heterocycles. The molecule has 1 atom stereocenters. The van der Waals surface area contributed by atoms with Gasteiger partial charge in [-0.15, -0.1) is 0 Å². The second-order valence-electron chi connectivity index (χ2n) is 9.17. The molecule has 5 heteroatoms. The van der Waals surface area contributed by atoms with E-state index in [1.54, 1.807) is 0 Å². The van der Waals surface area contributed by atoms with Crippen LogP contribution in [0.5, 0.6) is 0 Å². The summed E-state index contributed by atoms with van der Waals surface area (Å²) in [5, 5.41) is 3.08. The number of pyridine rings is 1. The Morgan fingerprint density at radius 1 is 1.23 bits per heavy atom. The fraction of sp³-hybridized carbons (Fsp3) is 0.714. The molecule has 3 rings (SSSR count). The SMILES string of the molecule is Cc1cc(N2CCN3CCCCC3C2)nc(C)c1NC(=O)CC(C)(C)C. The minimum Gasteiger partial charge on any atom is -0.354 e. The van der Waals surface area contributed by atoms with Crippen molar-refractivity contribution in [3.63, 3.8) is 0 Å². The number of carbonyl (C=O) groups is 1. The Labute approximate surface area is 158 Å². The highest BCUT2D eigenvalue weighted by molar-refractivity contribution is 5.92. The minimum atomic E-state index is -0.0149. The maximum absolute atomic E-state index is 12.3. The van der Waals surface area contributed by atoms with Crippen molar-refractivity contribution >= 4 is 17.4 Å². The average Bonchev–Trinajstić information content (AvgIpc) is 2.56. The molecule has 0 aromatic carbocycles. The topological polar surface area (TPSA) is 48.5 Å². The second-order valence-corrected chi connectivity index (χ2v) is 9.17. The number of anilines is 2.